The van der Waals surface area contributed by atoms with E-state index in [0.717, 1.165) is 0 Å². The molecule has 0 unspecified atom stereocenters. The first kappa shape index (κ1) is 29.3. The second-order valence-electron chi connectivity index (χ2n) is 13.4. The van der Waals surface area contributed by atoms with Crippen LogP contribution in [0.25, 0.3) is 28.1 Å². The van der Waals surface area contributed by atoms with Crippen LogP contribution in [0.15, 0.2) is 127 Å². The minimum atomic E-state index is 0.125. The molecule has 0 radical (unpaired) electrons. The molecule has 1 aromatic heterocycles. The van der Waals surface area contributed by atoms with Crippen LogP contribution in [0.5, 0.6) is 0 Å². The second-order valence-corrected chi connectivity index (χ2v) is 13.4. The minimum Gasteiger partial charge on any atom is -0.225 e. The molecule has 226 valence electrons. The van der Waals surface area contributed by atoms with Gasteiger partial charge in [0.1, 0.15) is 5.69 Å². The number of aryl methyl sites for hydroxylation is 6. The van der Waals surface area contributed by atoms with Crippen molar-refractivity contribution in [1.82, 2.24) is 4.57 Å². The summed E-state index contributed by atoms with van der Waals surface area (Å²) in [5, 5.41) is 0. The van der Waals surface area contributed by atoms with Gasteiger partial charge in [-0.3, -0.25) is 0 Å². The maximum Gasteiger partial charge on any atom is 0.295 e. The van der Waals surface area contributed by atoms with Gasteiger partial charge in [0, 0.05) is 0 Å². The largest absolute Gasteiger partial charge is 0.295 e. The molecule has 0 spiro atoms. The van der Waals surface area contributed by atoms with Crippen molar-refractivity contribution in [2.45, 2.75) is 34.6 Å². The number of imidazole rings is 1. The van der Waals surface area contributed by atoms with Crippen LogP contribution in [0, 0.1) is 34.6 Å². The smallest absolute Gasteiger partial charge is 0.225 e. The van der Waals surface area contributed by atoms with Gasteiger partial charge in [0.15, 0.2) is 11.0 Å². The lowest BCUT2D eigenvalue weighted by Gasteiger charge is -2.34. The number of para-hydroxylation sites is 2. The number of aromatic nitrogens is 2. The van der Waals surface area contributed by atoms with Gasteiger partial charge in [-0.2, -0.15) is 4.57 Å². The third kappa shape index (κ3) is 4.53. The number of fused-ring (bicyclic) bond motifs is 3. The molecule has 8 rings (SSSR count). The van der Waals surface area contributed by atoms with E-state index in [0.29, 0.717) is 0 Å². The molecule has 1 aliphatic rings. The highest BCUT2D eigenvalue weighted by Gasteiger charge is 2.41. The lowest BCUT2D eigenvalue weighted by Crippen LogP contribution is -2.75. The average molecular weight is 605 g/mol. The summed E-state index contributed by atoms with van der Waals surface area (Å²) in [5.74, 6) is 1.19. The Morgan fingerprint density at radius 1 is 0.468 bits per heavy atom. The zero-order valence-corrected chi connectivity index (χ0v) is 28.2. The van der Waals surface area contributed by atoms with Crippen molar-refractivity contribution in [1.29, 1.82) is 0 Å². The van der Waals surface area contributed by atoms with Gasteiger partial charge >= 0.3 is 0 Å². The van der Waals surface area contributed by atoms with Crippen LogP contribution in [0.3, 0.4) is 0 Å². The zero-order valence-electron chi connectivity index (χ0n) is 28.2. The maximum atomic E-state index is 2.51. The quantitative estimate of drug-likeness (QED) is 0.197. The fourth-order valence-corrected chi connectivity index (χ4v) is 8.47. The standard InChI is InChI=1S/C43H39B2N2/c1-28-15-7-8-20-34(28)43-46(6)39-23-11-12-24-40(39)47(43)33-25-26-37-38(27-33)45(42-31(4)18-14-19-32(42)5)36-22-10-9-21-35(36)44(37)41-29(2)16-13-17-30(41)3/h7-27H,1-6H3/q+1. The summed E-state index contributed by atoms with van der Waals surface area (Å²) in [6.45, 7) is 11.6. The lowest BCUT2D eigenvalue weighted by molar-refractivity contribution is -0.633. The Bertz CT molecular complexity index is 2310. The summed E-state index contributed by atoms with van der Waals surface area (Å²) >= 11 is 0. The molecule has 2 nitrogen and oxygen atoms in total. The Morgan fingerprint density at radius 3 is 1.57 bits per heavy atom. The van der Waals surface area contributed by atoms with E-state index in [9.17, 15) is 0 Å². The van der Waals surface area contributed by atoms with Crippen LogP contribution in [0.2, 0.25) is 0 Å². The van der Waals surface area contributed by atoms with Crippen molar-refractivity contribution < 1.29 is 4.57 Å². The van der Waals surface area contributed by atoms with Crippen molar-refractivity contribution in [2.24, 2.45) is 7.05 Å². The molecule has 4 heteroatoms. The first-order valence-electron chi connectivity index (χ1n) is 16.8. The number of benzene rings is 6. The Balaban J connectivity index is 1.48. The Labute approximate surface area is 279 Å². The summed E-state index contributed by atoms with van der Waals surface area (Å²) in [6.07, 6.45) is 0. The van der Waals surface area contributed by atoms with Crippen LogP contribution in [0.1, 0.15) is 27.8 Å². The van der Waals surface area contributed by atoms with Crippen molar-refractivity contribution in [2.75, 3.05) is 0 Å². The van der Waals surface area contributed by atoms with Crippen LogP contribution in [-0.2, 0) is 7.05 Å². The summed E-state index contributed by atoms with van der Waals surface area (Å²) < 4.78 is 4.84. The van der Waals surface area contributed by atoms with Gasteiger partial charge < -0.3 is 0 Å². The van der Waals surface area contributed by atoms with Crippen molar-refractivity contribution in [3.63, 3.8) is 0 Å². The van der Waals surface area contributed by atoms with Gasteiger partial charge in [-0.25, -0.2) is 4.57 Å². The SMILES string of the molecule is Cc1ccccc1-c1n(-c2ccc3c(c2)B(c2c(C)cccc2C)c2ccccc2B3c2c(C)cccc2C)c2ccccc2[n+]1C. The van der Waals surface area contributed by atoms with E-state index in [1.165, 1.54) is 88.7 Å². The molecule has 2 heterocycles. The fraction of sp³-hybridized carbons (Fsp3) is 0.140. The molecular weight excluding hydrogens is 566 g/mol. The molecule has 1 aliphatic heterocycles. The van der Waals surface area contributed by atoms with Crippen LogP contribution < -0.4 is 37.3 Å². The van der Waals surface area contributed by atoms with Gasteiger partial charge in [0.2, 0.25) is 13.4 Å². The summed E-state index contributed by atoms with van der Waals surface area (Å²) in [5.41, 5.74) is 19.9. The fourth-order valence-electron chi connectivity index (χ4n) is 8.47. The zero-order chi connectivity index (χ0) is 32.4. The lowest BCUT2D eigenvalue weighted by atomic mass is 9.20. The third-order valence-corrected chi connectivity index (χ3v) is 10.6. The Morgan fingerprint density at radius 2 is 0.957 bits per heavy atom. The molecule has 0 aliphatic carbocycles. The van der Waals surface area contributed by atoms with E-state index >= 15 is 0 Å². The first-order valence-corrected chi connectivity index (χ1v) is 16.8. The van der Waals surface area contributed by atoms with E-state index in [1.807, 2.05) is 0 Å². The van der Waals surface area contributed by atoms with E-state index in [-0.39, 0.29) is 13.4 Å². The van der Waals surface area contributed by atoms with Crippen LogP contribution >= 0.6 is 0 Å². The molecular formula is C43H39B2N2+. The van der Waals surface area contributed by atoms with Crippen LogP contribution in [0.4, 0.5) is 0 Å². The molecule has 0 fully saturated rings. The minimum absolute atomic E-state index is 0.125. The van der Waals surface area contributed by atoms with Gasteiger partial charge in [0.05, 0.1) is 12.6 Å². The molecule has 6 aromatic carbocycles. The molecule has 0 saturated carbocycles. The monoisotopic (exact) mass is 605 g/mol. The number of hydrogen-bond acceptors (Lipinski definition) is 0. The van der Waals surface area contributed by atoms with Gasteiger partial charge in [0.25, 0.3) is 5.82 Å². The predicted octanol–water partition coefficient (Wildman–Crippen LogP) is 5.01. The topological polar surface area (TPSA) is 8.81 Å². The highest BCUT2D eigenvalue weighted by atomic mass is 15.2. The van der Waals surface area contributed by atoms with E-state index < -0.39 is 0 Å². The molecule has 0 saturated heterocycles. The number of hydrogen-bond donors (Lipinski definition) is 0. The Kier molecular flexibility index (Phi) is 7.06. The molecule has 0 atom stereocenters. The number of rotatable bonds is 4. The second kappa shape index (κ2) is 11.3. The van der Waals surface area contributed by atoms with Gasteiger partial charge in [-0.15, -0.1) is 0 Å². The normalized spacial score (nSPS) is 12.4. The number of nitrogens with zero attached hydrogens (tertiary/aromatic N) is 2. The van der Waals surface area contributed by atoms with E-state index in [1.54, 1.807) is 0 Å². The summed E-state index contributed by atoms with van der Waals surface area (Å²) in [6, 6.07) is 47.6. The van der Waals surface area contributed by atoms with Crippen LogP contribution in [-0.4, -0.2) is 18.0 Å². The molecule has 7 aromatic rings. The Hall–Kier alpha value is -5.08. The van der Waals surface area contributed by atoms with Crippen molar-refractivity contribution >= 4 is 57.2 Å². The summed E-state index contributed by atoms with van der Waals surface area (Å²) in [4.78, 5) is 0. The van der Waals surface area contributed by atoms with E-state index in [2.05, 4.69) is 178 Å². The van der Waals surface area contributed by atoms with Gasteiger partial charge in [-0.1, -0.05) is 152 Å². The average Bonchev–Trinajstić information content (AvgIpc) is 3.37. The van der Waals surface area contributed by atoms with Crippen molar-refractivity contribution in [3.8, 4) is 17.1 Å². The first-order chi connectivity index (χ1) is 22.8. The predicted molar refractivity (Wildman–Crippen MR) is 202 cm³/mol. The molecule has 0 amide bonds. The third-order valence-electron chi connectivity index (χ3n) is 10.6. The molecule has 0 bridgehead atoms. The maximum absolute atomic E-state index is 2.51. The van der Waals surface area contributed by atoms with Crippen molar-refractivity contribution in [3.05, 3.63) is 155 Å². The highest BCUT2D eigenvalue weighted by Crippen LogP contribution is 2.29. The van der Waals surface area contributed by atoms with E-state index in [4.69, 9.17) is 0 Å². The summed E-state index contributed by atoms with van der Waals surface area (Å²) in [7, 11) is 2.20. The highest BCUT2D eigenvalue weighted by molar-refractivity contribution is 7.11. The van der Waals surface area contributed by atoms with Gasteiger partial charge in [-0.05, 0) is 70.5 Å². The molecule has 0 N–H and O–H groups in total. The molecule has 47 heavy (non-hydrogen) atoms.